The van der Waals surface area contributed by atoms with Crippen molar-refractivity contribution in [2.24, 2.45) is 0 Å². The largest absolute Gasteiger partial charge is 0.310 e. The van der Waals surface area contributed by atoms with E-state index in [1.807, 2.05) is 18.2 Å². The Balaban J connectivity index is 2.14. The minimum absolute atomic E-state index is 0.245. The van der Waals surface area contributed by atoms with E-state index in [-0.39, 0.29) is 6.04 Å². The molecule has 0 aliphatic carbocycles. The van der Waals surface area contributed by atoms with Crippen molar-refractivity contribution in [3.63, 3.8) is 0 Å². The summed E-state index contributed by atoms with van der Waals surface area (Å²) in [6.07, 6.45) is 2.84. The number of rotatable bonds is 6. The van der Waals surface area contributed by atoms with Crippen LogP contribution in [0.2, 0.25) is 10.0 Å². The van der Waals surface area contributed by atoms with Crippen molar-refractivity contribution in [2.75, 3.05) is 6.54 Å². The van der Waals surface area contributed by atoms with Gasteiger partial charge < -0.3 is 5.32 Å². The highest BCUT2D eigenvalue weighted by atomic mass is 35.5. The molecule has 112 valence electrons. The molecule has 0 fully saturated rings. The molecule has 0 saturated heterocycles. The van der Waals surface area contributed by atoms with Crippen molar-refractivity contribution in [1.82, 2.24) is 10.3 Å². The smallest absolute Gasteiger partial charge is 0.119 e. The third-order valence-corrected chi connectivity index (χ3v) is 4.83. The van der Waals surface area contributed by atoms with Gasteiger partial charge in [-0.3, -0.25) is 0 Å². The van der Waals surface area contributed by atoms with Crippen molar-refractivity contribution in [2.45, 2.75) is 36.2 Å². The zero-order chi connectivity index (χ0) is 15.2. The average molecular weight is 341 g/mol. The summed E-state index contributed by atoms with van der Waals surface area (Å²) in [5.41, 5.74) is 1.11. The Morgan fingerprint density at radius 1 is 1.24 bits per heavy atom. The molecule has 1 unspecified atom stereocenters. The molecule has 5 heteroatoms. The summed E-state index contributed by atoms with van der Waals surface area (Å²) in [6.45, 7) is 5.26. The molecule has 1 atom stereocenters. The van der Waals surface area contributed by atoms with Gasteiger partial charge >= 0.3 is 0 Å². The molecule has 1 N–H and O–H groups in total. The van der Waals surface area contributed by atoms with E-state index in [1.54, 1.807) is 6.20 Å². The van der Waals surface area contributed by atoms with Crippen LogP contribution in [-0.4, -0.2) is 11.5 Å². The van der Waals surface area contributed by atoms with E-state index < -0.39 is 0 Å². The van der Waals surface area contributed by atoms with E-state index in [1.165, 1.54) is 11.8 Å². The second-order valence-corrected chi connectivity index (χ2v) is 6.63. The van der Waals surface area contributed by atoms with Gasteiger partial charge in [0, 0.05) is 22.2 Å². The van der Waals surface area contributed by atoms with Gasteiger partial charge in [-0.2, -0.15) is 0 Å². The number of pyridine rings is 1. The zero-order valence-electron chi connectivity index (χ0n) is 12.1. The van der Waals surface area contributed by atoms with Crippen LogP contribution in [0.15, 0.2) is 46.5 Å². The Labute approximate surface area is 140 Å². The fourth-order valence-corrected chi connectivity index (χ4v) is 3.41. The van der Waals surface area contributed by atoms with Gasteiger partial charge in [0.15, 0.2) is 0 Å². The van der Waals surface area contributed by atoms with Gasteiger partial charge in [-0.15, -0.1) is 0 Å². The first-order valence-electron chi connectivity index (χ1n) is 6.93. The van der Waals surface area contributed by atoms with Gasteiger partial charge in [0.25, 0.3) is 0 Å². The Kier molecular flexibility index (Phi) is 6.37. The highest BCUT2D eigenvalue weighted by molar-refractivity contribution is 7.99. The quantitative estimate of drug-likeness (QED) is 0.740. The molecule has 0 bridgehead atoms. The Bertz CT molecular complexity index is 605. The van der Waals surface area contributed by atoms with Crippen LogP contribution in [-0.2, 0) is 0 Å². The molecule has 0 aliphatic heterocycles. The molecule has 1 aromatic heterocycles. The molecular formula is C16H18Cl2N2S. The third-order valence-electron chi connectivity index (χ3n) is 3.08. The SMILES string of the molecule is CCCNC(C)c1ccc(Sc2ncccc2Cl)cc1Cl. The monoisotopic (exact) mass is 340 g/mol. The van der Waals surface area contributed by atoms with Crippen molar-refractivity contribution >= 4 is 35.0 Å². The molecule has 2 rings (SSSR count). The number of benzene rings is 1. The van der Waals surface area contributed by atoms with Gasteiger partial charge in [0.05, 0.1) is 5.02 Å². The predicted octanol–water partition coefficient (Wildman–Crippen LogP) is 5.60. The predicted molar refractivity (Wildman–Crippen MR) is 91.5 cm³/mol. The maximum absolute atomic E-state index is 6.40. The first-order valence-corrected chi connectivity index (χ1v) is 8.50. The van der Waals surface area contributed by atoms with Crippen LogP contribution < -0.4 is 5.32 Å². The second kappa shape index (κ2) is 8.04. The fraction of sp³-hybridized carbons (Fsp3) is 0.312. The Morgan fingerprint density at radius 3 is 2.71 bits per heavy atom. The summed E-state index contributed by atoms with van der Waals surface area (Å²) >= 11 is 14.0. The van der Waals surface area contributed by atoms with Gasteiger partial charge in [0.1, 0.15) is 5.03 Å². The van der Waals surface area contributed by atoms with Crippen LogP contribution >= 0.6 is 35.0 Å². The highest BCUT2D eigenvalue weighted by Gasteiger charge is 2.11. The number of aromatic nitrogens is 1. The Morgan fingerprint density at radius 2 is 2.05 bits per heavy atom. The normalized spacial score (nSPS) is 12.4. The van der Waals surface area contributed by atoms with E-state index in [0.717, 1.165) is 33.5 Å². The average Bonchev–Trinajstić information content (AvgIpc) is 2.47. The maximum atomic E-state index is 6.40. The van der Waals surface area contributed by atoms with E-state index in [4.69, 9.17) is 23.2 Å². The molecule has 0 spiro atoms. The summed E-state index contributed by atoms with van der Waals surface area (Å²) in [6, 6.07) is 10.00. The van der Waals surface area contributed by atoms with Crippen molar-refractivity contribution < 1.29 is 0 Å². The van der Waals surface area contributed by atoms with Crippen LogP contribution in [0, 0.1) is 0 Å². The highest BCUT2D eigenvalue weighted by Crippen LogP contribution is 2.34. The van der Waals surface area contributed by atoms with Crippen LogP contribution in [0.5, 0.6) is 0 Å². The van der Waals surface area contributed by atoms with Crippen LogP contribution in [0.3, 0.4) is 0 Å². The number of nitrogens with zero attached hydrogens (tertiary/aromatic N) is 1. The lowest BCUT2D eigenvalue weighted by atomic mass is 10.1. The summed E-state index contributed by atoms with van der Waals surface area (Å²) in [4.78, 5) is 5.31. The molecule has 21 heavy (non-hydrogen) atoms. The molecule has 2 aromatic rings. The molecule has 0 aliphatic rings. The number of hydrogen-bond donors (Lipinski definition) is 1. The number of nitrogens with one attached hydrogen (secondary N) is 1. The fourth-order valence-electron chi connectivity index (χ4n) is 1.95. The second-order valence-electron chi connectivity index (χ2n) is 4.75. The van der Waals surface area contributed by atoms with Gasteiger partial charge in [0.2, 0.25) is 0 Å². The van der Waals surface area contributed by atoms with Crippen molar-refractivity contribution in [1.29, 1.82) is 0 Å². The zero-order valence-corrected chi connectivity index (χ0v) is 14.4. The molecule has 0 amide bonds. The van der Waals surface area contributed by atoms with Crippen molar-refractivity contribution in [3.8, 4) is 0 Å². The Hall–Kier alpha value is -0.740. The van der Waals surface area contributed by atoms with Crippen LogP contribution in [0.4, 0.5) is 0 Å². The van der Waals surface area contributed by atoms with Crippen molar-refractivity contribution in [3.05, 3.63) is 52.1 Å². The molecule has 0 saturated carbocycles. The van der Waals surface area contributed by atoms with E-state index in [2.05, 4.69) is 36.3 Å². The third kappa shape index (κ3) is 4.62. The standard InChI is InChI=1S/C16H18Cl2N2S/c1-3-8-19-11(2)13-7-6-12(10-15(13)18)21-16-14(17)5-4-9-20-16/h4-7,9-11,19H,3,8H2,1-2H3. The molecule has 1 heterocycles. The van der Waals surface area contributed by atoms with Crippen LogP contribution in [0.25, 0.3) is 0 Å². The summed E-state index contributed by atoms with van der Waals surface area (Å²) < 4.78 is 0. The maximum Gasteiger partial charge on any atom is 0.119 e. The van der Waals surface area contributed by atoms with Crippen LogP contribution in [0.1, 0.15) is 31.9 Å². The number of hydrogen-bond acceptors (Lipinski definition) is 3. The summed E-state index contributed by atoms with van der Waals surface area (Å²) in [5, 5.41) is 5.65. The minimum Gasteiger partial charge on any atom is -0.310 e. The lowest BCUT2D eigenvalue weighted by Gasteiger charge is -2.16. The topological polar surface area (TPSA) is 24.9 Å². The van der Waals surface area contributed by atoms with Gasteiger partial charge in [-0.05, 0) is 49.7 Å². The van der Waals surface area contributed by atoms with E-state index >= 15 is 0 Å². The molecule has 0 radical (unpaired) electrons. The lowest BCUT2D eigenvalue weighted by molar-refractivity contribution is 0.570. The molecular weight excluding hydrogens is 323 g/mol. The van der Waals surface area contributed by atoms with E-state index in [9.17, 15) is 0 Å². The lowest BCUT2D eigenvalue weighted by Crippen LogP contribution is -2.19. The number of halogens is 2. The van der Waals surface area contributed by atoms with Gasteiger partial charge in [-0.25, -0.2) is 4.98 Å². The van der Waals surface area contributed by atoms with E-state index in [0.29, 0.717) is 5.02 Å². The van der Waals surface area contributed by atoms with Gasteiger partial charge in [-0.1, -0.05) is 48.0 Å². The summed E-state index contributed by atoms with van der Waals surface area (Å²) in [5.74, 6) is 0. The first kappa shape index (κ1) is 16.6. The molecule has 1 aromatic carbocycles. The minimum atomic E-state index is 0.245. The molecule has 2 nitrogen and oxygen atoms in total. The first-order chi connectivity index (χ1) is 10.1. The summed E-state index contributed by atoms with van der Waals surface area (Å²) in [7, 11) is 0.